The quantitative estimate of drug-likeness (QED) is 0.859. The van der Waals surface area contributed by atoms with Gasteiger partial charge >= 0.3 is 0 Å². The summed E-state index contributed by atoms with van der Waals surface area (Å²) in [5.74, 6) is 1.64. The molecule has 13 heavy (non-hydrogen) atoms. The van der Waals surface area contributed by atoms with Gasteiger partial charge in [0.1, 0.15) is 5.82 Å². The van der Waals surface area contributed by atoms with Gasteiger partial charge in [-0.15, -0.1) is 0 Å². The minimum atomic E-state index is 0.733. The van der Waals surface area contributed by atoms with Crippen LogP contribution in [0.5, 0.6) is 0 Å². The van der Waals surface area contributed by atoms with Gasteiger partial charge in [0.05, 0.1) is 3.57 Å². The smallest absolute Gasteiger partial charge is 0.226 e. The first kappa shape index (κ1) is 10.5. The number of nitrogens with one attached hydrogen (secondary N) is 1. The zero-order valence-corrected chi connectivity index (χ0v) is 10.2. The van der Waals surface area contributed by atoms with Crippen LogP contribution < -0.4 is 10.2 Å². The van der Waals surface area contributed by atoms with Crippen LogP contribution in [0.4, 0.5) is 11.8 Å². The van der Waals surface area contributed by atoms with E-state index in [1.165, 1.54) is 0 Å². The van der Waals surface area contributed by atoms with Crippen molar-refractivity contribution in [2.45, 2.75) is 6.92 Å². The molecule has 0 saturated carbocycles. The molecule has 0 spiro atoms. The van der Waals surface area contributed by atoms with E-state index < -0.39 is 0 Å². The van der Waals surface area contributed by atoms with Gasteiger partial charge in [0, 0.05) is 26.8 Å². The summed E-state index contributed by atoms with van der Waals surface area (Å²) in [5.41, 5.74) is 0. The van der Waals surface area contributed by atoms with Gasteiger partial charge in [-0.3, -0.25) is 0 Å². The highest BCUT2D eigenvalue weighted by Crippen LogP contribution is 2.16. The van der Waals surface area contributed by atoms with Crippen molar-refractivity contribution in [2.24, 2.45) is 0 Å². The molecule has 0 aliphatic carbocycles. The van der Waals surface area contributed by atoms with Crippen LogP contribution in [0.25, 0.3) is 0 Å². The van der Waals surface area contributed by atoms with Crippen molar-refractivity contribution < 1.29 is 0 Å². The van der Waals surface area contributed by atoms with Crippen LogP contribution in [0.3, 0.4) is 0 Å². The maximum absolute atomic E-state index is 4.36. The minimum absolute atomic E-state index is 0.733. The number of anilines is 2. The molecule has 1 aromatic heterocycles. The predicted octanol–water partition coefficient (Wildman–Crippen LogP) is 1.58. The Labute approximate surface area is 91.9 Å². The van der Waals surface area contributed by atoms with E-state index >= 15 is 0 Å². The lowest BCUT2D eigenvalue weighted by atomic mass is 10.5. The van der Waals surface area contributed by atoms with E-state index in [0.717, 1.165) is 21.9 Å². The molecule has 0 aromatic carbocycles. The lowest BCUT2D eigenvalue weighted by Crippen LogP contribution is -2.14. The van der Waals surface area contributed by atoms with Crippen molar-refractivity contribution in [3.05, 3.63) is 9.77 Å². The molecule has 0 fully saturated rings. The molecule has 0 radical (unpaired) electrons. The Morgan fingerprint density at radius 3 is 2.77 bits per heavy atom. The highest BCUT2D eigenvalue weighted by molar-refractivity contribution is 14.1. The van der Waals surface area contributed by atoms with Gasteiger partial charge < -0.3 is 10.2 Å². The standard InChI is InChI=1S/C8H13IN4/c1-4-10-7-6(9)5-11-8(12-7)13(2)3/h5H,4H2,1-3H3,(H,10,11,12). The number of hydrogen-bond donors (Lipinski definition) is 1. The average molecular weight is 292 g/mol. The van der Waals surface area contributed by atoms with Crippen molar-refractivity contribution >= 4 is 34.4 Å². The van der Waals surface area contributed by atoms with Gasteiger partial charge in [0.25, 0.3) is 0 Å². The second kappa shape index (κ2) is 4.59. The summed E-state index contributed by atoms with van der Waals surface area (Å²) in [5, 5.41) is 3.19. The maximum Gasteiger partial charge on any atom is 0.226 e. The van der Waals surface area contributed by atoms with Crippen molar-refractivity contribution in [3.8, 4) is 0 Å². The molecule has 0 bridgehead atoms. The topological polar surface area (TPSA) is 41.1 Å². The van der Waals surface area contributed by atoms with Crippen molar-refractivity contribution in [1.29, 1.82) is 0 Å². The average Bonchev–Trinajstić information content (AvgIpc) is 2.08. The van der Waals surface area contributed by atoms with Crippen LogP contribution in [0.1, 0.15) is 6.92 Å². The highest BCUT2D eigenvalue weighted by atomic mass is 127. The number of halogens is 1. The fourth-order valence-corrected chi connectivity index (χ4v) is 1.32. The monoisotopic (exact) mass is 292 g/mol. The van der Waals surface area contributed by atoms with Gasteiger partial charge in [-0.25, -0.2) is 4.98 Å². The maximum atomic E-state index is 4.36. The first-order chi connectivity index (χ1) is 6.15. The van der Waals surface area contributed by atoms with Crippen molar-refractivity contribution in [1.82, 2.24) is 9.97 Å². The number of rotatable bonds is 3. The molecule has 72 valence electrons. The molecular weight excluding hydrogens is 279 g/mol. The SMILES string of the molecule is CCNc1nc(N(C)C)ncc1I. The predicted molar refractivity (Wildman–Crippen MR) is 63.2 cm³/mol. The molecule has 0 amide bonds. The second-order valence-electron chi connectivity index (χ2n) is 2.79. The Hall–Kier alpha value is -0.590. The van der Waals surface area contributed by atoms with Gasteiger partial charge in [-0.05, 0) is 29.5 Å². The Kier molecular flexibility index (Phi) is 3.71. The molecule has 5 heteroatoms. The molecule has 1 rings (SSSR count). The Morgan fingerprint density at radius 1 is 1.54 bits per heavy atom. The summed E-state index contributed by atoms with van der Waals surface area (Å²) >= 11 is 2.22. The lowest BCUT2D eigenvalue weighted by molar-refractivity contribution is 0.986. The normalized spacial score (nSPS) is 9.85. The van der Waals surface area contributed by atoms with E-state index in [2.05, 4.69) is 37.9 Å². The van der Waals surface area contributed by atoms with E-state index in [-0.39, 0.29) is 0 Å². The van der Waals surface area contributed by atoms with Crippen LogP contribution in [0.15, 0.2) is 6.20 Å². The minimum Gasteiger partial charge on any atom is -0.369 e. The molecule has 4 nitrogen and oxygen atoms in total. The van der Waals surface area contributed by atoms with Crippen LogP contribution in [0, 0.1) is 3.57 Å². The molecule has 1 N–H and O–H groups in total. The summed E-state index contributed by atoms with van der Waals surface area (Å²) in [7, 11) is 3.86. The van der Waals surface area contributed by atoms with Gasteiger partial charge in [-0.1, -0.05) is 0 Å². The van der Waals surface area contributed by atoms with Crippen molar-refractivity contribution in [2.75, 3.05) is 30.9 Å². The lowest BCUT2D eigenvalue weighted by Gasteiger charge is -2.12. The third-order valence-electron chi connectivity index (χ3n) is 1.48. The number of hydrogen-bond acceptors (Lipinski definition) is 4. The molecular formula is C8H13IN4. The van der Waals surface area contributed by atoms with E-state index in [1.807, 2.05) is 32.1 Å². The molecule has 0 aliphatic heterocycles. The second-order valence-corrected chi connectivity index (χ2v) is 3.95. The first-order valence-electron chi connectivity index (χ1n) is 4.09. The third kappa shape index (κ3) is 2.68. The molecule has 1 heterocycles. The summed E-state index contributed by atoms with van der Waals surface area (Å²) in [6, 6.07) is 0. The van der Waals surface area contributed by atoms with Crippen LogP contribution in [0.2, 0.25) is 0 Å². The van der Waals surface area contributed by atoms with E-state index in [9.17, 15) is 0 Å². The van der Waals surface area contributed by atoms with E-state index in [0.29, 0.717) is 0 Å². The largest absolute Gasteiger partial charge is 0.369 e. The Morgan fingerprint density at radius 2 is 2.23 bits per heavy atom. The third-order valence-corrected chi connectivity index (χ3v) is 2.27. The number of nitrogens with zero attached hydrogens (tertiary/aromatic N) is 3. The summed E-state index contributed by atoms with van der Waals surface area (Å²) in [6.45, 7) is 2.92. The molecule has 1 aromatic rings. The molecule has 0 aliphatic rings. The first-order valence-corrected chi connectivity index (χ1v) is 5.16. The zero-order chi connectivity index (χ0) is 9.84. The fourth-order valence-electron chi connectivity index (χ4n) is 0.865. The van der Waals surface area contributed by atoms with Gasteiger partial charge in [-0.2, -0.15) is 4.98 Å². The van der Waals surface area contributed by atoms with E-state index in [4.69, 9.17) is 0 Å². The summed E-state index contributed by atoms with van der Waals surface area (Å²) < 4.78 is 1.05. The van der Waals surface area contributed by atoms with Crippen LogP contribution >= 0.6 is 22.6 Å². The van der Waals surface area contributed by atoms with Gasteiger partial charge in [0.2, 0.25) is 5.95 Å². The Bertz CT molecular complexity index is 287. The van der Waals surface area contributed by atoms with E-state index in [1.54, 1.807) is 0 Å². The highest BCUT2D eigenvalue weighted by Gasteiger charge is 2.04. The zero-order valence-electron chi connectivity index (χ0n) is 8.00. The Balaban J connectivity index is 2.97. The van der Waals surface area contributed by atoms with Crippen molar-refractivity contribution in [3.63, 3.8) is 0 Å². The fraction of sp³-hybridized carbons (Fsp3) is 0.500. The summed E-state index contributed by atoms with van der Waals surface area (Å²) in [6.07, 6.45) is 1.82. The van der Waals surface area contributed by atoms with Crippen LogP contribution in [-0.4, -0.2) is 30.6 Å². The molecule has 0 saturated heterocycles. The molecule has 0 atom stereocenters. The number of aromatic nitrogens is 2. The van der Waals surface area contributed by atoms with Gasteiger partial charge in [0.15, 0.2) is 0 Å². The molecule has 0 unspecified atom stereocenters. The summed E-state index contributed by atoms with van der Waals surface area (Å²) in [4.78, 5) is 10.4. The van der Waals surface area contributed by atoms with Crippen LogP contribution in [-0.2, 0) is 0 Å².